The van der Waals surface area contributed by atoms with E-state index in [2.05, 4.69) is 24.0 Å². The summed E-state index contributed by atoms with van der Waals surface area (Å²) in [5.74, 6) is 0.165. The van der Waals surface area contributed by atoms with Crippen LogP contribution in [0.3, 0.4) is 0 Å². The molecule has 4 rings (SSSR count). The largest absolute Gasteiger partial charge is 0.394 e. The lowest BCUT2D eigenvalue weighted by atomic mass is 9.81. The number of aliphatic hydroxyl groups is 1. The molecule has 4 nitrogen and oxygen atoms in total. The molecule has 1 N–H and O–H groups in total. The molecule has 2 aliphatic heterocycles. The molecule has 0 unspecified atom stereocenters. The molecule has 0 saturated carbocycles. The summed E-state index contributed by atoms with van der Waals surface area (Å²) in [6, 6.07) is 12.8. The van der Waals surface area contributed by atoms with E-state index in [9.17, 15) is 14.3 Å². The summed E-state index contributed by atoms with van der Waals surface area (Å²) in [4.78, 5) is 17.4. The van der Waals surface area contributed by atoms with Gasteiger partial charge in [-0.1, -0.05) is 50.8 Å². The van der Waals surface area contributed by atoms with Crippen LogP contribution in [-0.2, 0) is 4.79 Å². The minimum Gasteiger partial charge on any atom is -0.394 e. The summed E-state index contributed by atoms with van der Waals surface area (Å²) in [6.07, 6.45) is 7.13. The first-order valence-corrected chi connectivity index (χ1v) is 12.1. The number of hydrogen-bond donors (Lipinski definition) is 1. The lowest BCUT2D eigenvalue weighted by Gasteiger charge is -2.44. The number of likely N-dealkylation sites (tertiary alicyclic amines) is 1. The van der Waals surface area contributed by atoms with Gasteiger partial charge in [0, 0.05) is 31.6 Å². The van der Waals surface area contributed by atoms with Gasteiger partial charge in [-0.15, -0.1) is 0 Å². The predicted molar refractivity (Wildman–Crippen MR) is 127 cm³/mol. The third-order valence-corrected chi connectivity index (χ3v) is 7.32. The zero-order valence-corrected chi connectivity index (χ0v) is 19.3. The highest BCUT2D eigenvalue weighted by Crippen LogP contribution is 2.49. The first-order valence-electron chi connectivity index (χ1n) is 12.1. The van der Waals surface area contributed by atoms with E-state index in [1.807, 2.05) is 24.1 Å². The first kappa shape index (κ1) is 22.8. The summed E-state index contributed by atoms with van der Waals surface area (Å²) in [5.41, 5.74) is 3.95. The number of anilines is 1. The fourth-order valence-electron chi connectivity index (χ4n) is 5.60. The van der Waals surface area contributed by atoms with Gasteiger partial charge in [0.15, 0.2) is 0 Å². The van der Waals surface area contributed by atoms with Gasteiger partial charge in [0.2, 0.25) is 5.91 Å². The Morgan fingerprint density at radius 2 is 1.88 bits per heavy atom. The number of hydrogen-bond acceptors (Lipinski definition) is 3. The highest BCUT2D eigenvalue weighted by molar-refractivity contribution is 5.79. The van der Waals surface area contributed by atoms with E-state index in [0.29, 0.717) is 6.42 Å². The minimum atomic E-state index is -0.253. The number of benzene rings is 2. The van der Waals surface area contributed by atoms with Gasteiger partial charge < -0.3 is 14.9 Å². The van der Waals surface area contributed by atoms with Crippen LogP contribution in [0.2, 0.25) is 0 Å². The predicted octanol–water partition coefficient (Wildman–Crippen LogP) is 5.55. The van der Waals surface area contributed by atoms with Crippen LogP contribution >= 0.6 is 0 Å². The topological polar surface area (TPSA) is 43.8 Å². The maximum atomic E-state index is 13.8. The molecule has 1 saturated heterocycles. The summed E-state index contributed by atoms with van der Waals surface area (Å²) in [6.45, 7) is 3.00. The Balaban J connectivity index is 1.63. The number of fused-ring (bicyclic) bond motifs is 3. The van der Waals surface area contributed by atoms with E-state index < -0.39 is 0 Å². The summed E-state index contributed by atoms with van der Waals surface area (Å²) < 4.78 is 13.8. The lowest BCUT2D eigenvalue weighted by Crippen LogP contribution is -2.48. The molecule has 2 aromatic carbocycles. The number of amides is 1. The number of carbonyl (C=O) groups is 1. The van der Waals surface area contributed by atoms with Gasteiger partial charge in [-0.2, -0.15) is 0 Å². The van der Waals surface area contributed by atoms with Crippen LogP contribution in [0.4, 0.5) is 10.1 Å². The molecule has 2 aromatic rings. The number of halogens is 1. The standard InChI is InChI=1S/C27H35FN2O2/c1-3-4-5-6-7-11-26(32)30-15-14-22-25(18-31)29(2)24-13-12-20(17-23(24)27(22)30)19-9-8-10-21(28)16-19/h8-10,12-13,16-17,22,25,27,31H,3-7,11,14-15,18H2,1-2H3/t22-,25-,27-/m1/s1. The van der Waals surface area contributed by atoms with Crippen LogP contribution in [0.25, 0.3) is 11.1 Å². The molecule has 172 valence electrons. The van der Waals surface area contributed by atoms with E-state index in [1.165, 1.54) is 25.3 Å². The highest BCUT2D eigenvalue weighted by Gasteiger charge is 2.47. The molecule has 0 aromatic heterocycles. The molecule has 2 aliphatic rings. The Hall–Kier alpha value is -2.40. The van der Waals surface area contributed by atoms with Gasteiger partial charge in [-0.05, 0) is 53.8 Å². The molecule has 3 atom stereocenters. The molecule has 0 bridgehead atoms. The number of nitrogens with zero attached hydrogens (tertiary/aromatic N) is 2. The maximum absolute atomic E-state index is 13.8. The van der Waals surface area contributed by atoms with Gasteiger partial charge in [-0.25, -0.2) is 4.39 Å². The van der Waals surface area contributed by atoms with Crippen molar-refractivity contribution in [2.45, 2.75) is 64.0 Å². The third-order valence-electron chi connectivity index (χ3n) is 7.32. The molecular formula is C27H35FN2O2. The number of likely N-dealkylation sites (N-methyl/N-ethyl adjacent to an activating group) is 1. The Morgan fingerprint density at radius 1 is 1.09 bits per heavy atom. The van der Waals surface area contributed by atoms with Gasteiger partial charge >= 0.3 is 0 Å². The van der Waals surface area contributed by atoms with E-state index in [1.54, 1.807) is 12.1 Å². The average Bonchev–Trinajstić information content (AvgIpc) is 3.24. The van der Waals surface area contributed by atoms with Crippen molar-refractivity contribution >= 4 is 11.6 Å². The maximum Gasteiger partial charge on any atom is 0.223 e. The second-order valence-electron chi connectivity index (χ2n) is 9.29. The Kier molecular flexibility index (Phi) is 7.14. The molecule has 1 amide bonds. The van der Waals surface area contributed by atoms with E-state index in [-0.39, 0.29) is 36.3 Å². The van der Waals surface area contributed by atoms with Crippen molar-refractivity contribution in [2.75, 3.05) is 25.1 Å². The monoisotopic (exact) mass is 438 g/mol. The third kappa shape index (κ3) is 4.40. The highest BCUT2D eigenvalue weighted by atomic mass is 19.1. The summed E-state index contributed by atoms with van der Waals surface area (Å²) in [5, 5.41) is 10.2. The van der Waals surface area contributed by atoms with Gasteiger partial charge in [0.05, 0.1) is 18.7 Å². The number of rotatable bonds is 8. The van der Waals surface area contributed by atoms with E-state index in [0.717, 1.165) is 48.2 Å². The van der Waals surface area contributed by atoms with Crippen molar-refractivity contribution in [1.82, 2.24) is 4.90 Å². The van der Waals surface area contributed by atoms with Crippen LogP contribution in [-0.4, -0.2) is 42.2 Å². The van der Waals surface area contributed by atoms with Gasteiger partial charge in [-0.3, -0.25) is 4.79 Å². The van der Waals surface area contributed by atoms with Crippen molar-refractivity contribution in [2.24, 2.45) is 5.92 Å². The Bertz CT molecular complexity index is 947. The SMILES string of the molecule is CCCCCCCC(=O)N1CC[C@@H]2[C@@H](CO)N(C)c3ccc(-c4cccc(F)c4)cc3[C@@H]21. The molecule has 0 aliphatic carbocycles. The second-order valence-corrected chi connectivity index (χ2v) is 9.29. The van der Waals surface area contributed by atoms with Crippen molar-refractivity contribution in [3.8, 4) is 11.1 Å². The van der Waals surface area contributed by atoms with Crippen molar-refractivity contribution in [1.29, 1.82) is 0 Å². The summed E-state index contributed by atoms with van der Waals surface area (Å²) in [7, 11) is 2.02. The van der Waals surface area contributed by atoms with Gasteiger partial charge in [0.1, 0.15) is 5.82 Å². The first-order chi connectivity index (χ1) is 15.5. The zero-order valence-electron chi connectivity index (χ0n) is 19.3. The van der Waals surface area contributed by atoms with Gasteiger partial charge in [0.25, 0.3) is 0 Å². The average molecular weight is 439 g/mol. The quantitative estimate of drug-likeness (QED) is 0.549. The molecular weight excluding hydrogens is 403 g/mol. The Labute approximate surface area is 191 Å². The normalized spacial score (nSPS) is 22.1. The Morgan fingerprint density at radius 3 is 2.62 bits per heavy atom. The molecule has 1 fully saturated rings. The van der Waals surface area contributed by atoms with E-state index >= 15 is 0 Å². The number of carbonyl (C=O) groups excluding carboxylic acids is 1. The van der Waals surface area contributed by atoms with Crippen LogP contribution in [0.1, 0.15) is 63.5 Å². The summed E-state index contributed by atoms with van der Waals surface area (Å²) >= 11 is 0. The molecule has 5 heteroatoms. The zero-order chi connectivity index (χ0) is 22.7. The van der Waals surface area contributed by atoms with Crippen LogP contribution < -0.4 is 4.90 Å². The lowest BCUT2D eigenvalue weighted by molar-refractivity contribution is -0.132. The second kappa shape index (κ2) is 10.0. The van der Waals surface area contributed by atoms with Crippen LogP contribution in [0, 0.1) is 11.7 Å². The minimum absolute atomic E-state index is 0.00475. The fourth-order valence-corrected chi connectivity index (χ4v) is 5.60. The van der Waals surface area contributed by atoms with E-state index in [4.69, 9.17) is 0 Å². The molecule has 0 radical (unpaired) electrons. The number of unbranched alkanes of at least 4 members (excludes halogenated alkanes) is 4. The van der Waals surface area contributed by atoms with Crippen LogP contribution in [0.15, 0.2) is 42.5 Å². The molecule has 2 heterocycles. The molecule has 32 heavy (non-hydrogen) atoms. The smallest absolute Gasteiger partial charge is 0.223 e. The van der Waals surface area contributed by atoms with Crippen molar-refractivity contribution in [3.05, 3.63) is 53.8 Å². The van der Waals surface area contributed by atoms with Crippen LogP contribution in [0.5, 0.6) is 0 Å². The fraction of sp³-hybridized carbons (Fsp3) is 0.519. The molecule has 0 spiro atoms. The van der Waals surface area contributed by atoms with Crippen molar-refractivity contribution in [3.63, 3.8) is 0 Å². The number of aliphatic hydroxyl groups excluding tert-OH is 1. The van der Waals surface area contributed by atoms with Crippen molar-refractivity contribution < 1.29 is 14.3 Å².